The molecule has 0 spiro atoms. The number of benzene rings is 1. The monoisotopic (exact) mass is 329 g/mol. The lowest BCUT2D eigenvalue weighted by Gasteiger charge is -2.24. The Morgan fingerprint density at radius 2 is 1.90 bits per heavy atom. The molecule has 2 fully saturated rings. The smallest absolute Gasteiger partial charge is 0.171 e. The van der Waals surface area contributed by atoms with Crippen molar-refractivity contribution in [3.63, 3.8) is 0 Å². The van der Waals surface area contributed by atoms with Gasteiger partial charge in [0, 0.05) is 11.7 Å². The minimum absolute atomic E-state index is 0.394. The molecule has 20 heavy (non-hydrogen) atoms. The van der Waals surface area contributed by atoms with Gasteiger partial charge in [-0.1, -0.05) is 29.6 Å². The number of nitrogens with two attached hydrogens (primary N) is 1. The van der Waals surface area contributed by atoms with E-state index < -0.39 is 0 Å². The molecule has 1 aromatic carbocycles. The summed E-state index contributed by atoms with van der Waals surface area (Å²) in [6.07, 6.45) is 5.28. The SMILES string of the molecule is Nc1c(Cl)cc(NC(=S)N[C@@H]2C[C@@H]3CC[C@@H]2C3)cc1Cl. The predicted octanol–water partition coefficient (Wildman–Crippen LogP) is 4.05. The van der Waals surface area contributed by atoms with E-state index in [9.17, 15) is 0 Å². The molecule has 2 saturated carbocycles. The number of rotatable bonds is 2. The summed E-state index contributed by atoms with van der Waals surface area (Å²) in [5.41, 5.74) is 6.87. The van der Waals surface area contributed by atoms with Gasteiger partial charge in [0.15, 0.2) is 5.11 Å². The first kappa shape index (κ1) is 14.2. The number of hydrogen-bond acceptors (Lipinski definition) is 2. The molecular formula is C14H17Cl2N3S. The molecule has 4 N–H and O–H groups in total. The molecule has 108 valence electrons. The first-order valence-electron chi connectivity index (χ1n) is 6.85. The van der Waals surface area contributed by atoms with Gasteiger partial charge < -0.3 is 16.4 Å². The Labute approximate surface area is 134 Å². The van der Waals surface area contributed by atoms with Gasteiger partial charge in [-0.25, -0.2) is 0 Å². The van der Waals surface area contributed by atoms with E-state index in [0.717, 1.165) is 17.5 Å². The lowest BCUT2D eigenvalue weighted by Crippen LogP contribution is -2.40. The van der Waals surface area contributed by atoms with Crippen molar-refractivity contribution >= 4 is 51.9 Å². The quantitative estimate of drug-likeness (QED) is 0.566. The maximum Gasteiger partial charge on any atom is 0.171 e. The first-order chi connectivity index (χ1) is 9.52. The molecule has 2 aliphatic rings. The van der Waals surface area contributed by atoms with Crippen molar-refractivity contribution in [2.75, 3.05) is 11.1 Å². The summed E-state index contributed by atoms with van der Waals surface area (Å²) in [5.74, 6) is 1.67. The highest BCUT2D eigenvalue weighted by Crippen LogP contribution is 2.44. The van der Waals surface area contributed by atoms with Crippen LogP contribution in [0.1, 0.15) is 25.7 Å². The highest BCUT2D eigenvalue weighted by molar-refractivity contribution is 7.80. The summed E-state index contributed by atoms with van der Waals surface area (Å²) in [5, 5.41) is 8.04. The van der Waals surface area contributed by atoms with Crippen molar-refractivity contribution in [3.8, 4) is 0 Å². The first-order valence-corrected chi connectivity index (χ1v) is 8.01. The van der Waals surface area contributed by atoms with Crippen LogP contribution in [0.5, 0.6) is 0 Å². The molecule has 2 aliphatic carbocycles. The third kappa shape index (κ3) is 2.83. The Morgan fingerprint density at radius 3 is 2.45 bits per heavy atom. The number of anilines is 2. The molecule has 2 bridgehead atoms. The molecular weight excluding hydrogens is 313 g/mol. The Hall–Kier alpha value is -0.710. The van der Waals surface area contributed by atoms with Crippen molar-refractivity contribution in [1.29, 1.82) is 0 Å². The third-order valence-corrected chi connectivity index (χ3v) is 5.24. The Kier molecular flexibility index (Phi) is 3.98. The topological polar surface area (TPSA) is 50.1 Å². The highest BCUT2D eigenvalue weighted by Gasteiger charge is 2.39. The van der Waals surface area contributed by atoms with Crippen molar-refractivity contribution < 1.29 is 0 Å². The third-order valence-electron chi connectivity index (χ3n) is 4.39. The van der Waals surface area contributed by atoms with E-state index in [1.54, 1.807) is 12.1 Å². The van der Waals surface area contributed by atoms with E-state index in [2.05, 4.69) is 10.6 Å². The summed E-state index contributed by atoms with van der Waals surface area (Å²) in [7, 11) is 0. The van der Waals surface area contributed by atoms with Gasteiger partial charge in [0.25, 0.3) is 0 Å². The Balaban J connectivity index is 1.62. The van der Waals surface area contributed by atoms with Crippen LogP contribution in [0.25, 0.3) is 0 Å². The Bertz CT molecular complexity index is 526. The van der Waals surface area contributed by atoms with Crippen molar-refractivity contribution in [3.05, 3.63) is 22.2 Å². The van der Waals surface area contributed by atoms with E-state index in [1.165, 1.54) is 25.7 Å². The van der Waals surface area contributed by atoms with Crippen molar-refractivity contribution in [2.45, 2.75) is 31.7 Å². The van der Waals surface area contributed by atoms with Crippen LogP contribution in [0, 0.1) is 11.8 Å². The number of halogens is 2. The fourth-order valence-corrected chi connectivity index (χ4v) is 4.17. The molecule has 0 heterocycles. The van der Waals surface area contributed by atoms with Crippen LogP contribution < -0.4 is 16.4 Å². The standard InChI is InChI=1S/C14H17Cl2N3S/c15-10-5-9(6-11(16)13(10)17)18-14(20)19-12-4-7-1-2-8(12)3-7/h5-8,12H,1-4,17H2,(H2,18,19,20)/t7-,8-,12-/m1/s1. The van der Waals surface area contributed by atoms with Crippen LogP contribution in [0.4, 0.5) is 11.4 Å². The lowest BCUT2D eigenvalue weighted by atomic mass is 9.96. The van der Waals surface area contributed by atoms with Gasteiger partial charge in [-0.3, -0.25) is 0 Å². The summed E-state index contributed by atoms with van der Waals surface area (Å²) in [6, 6.07) is 3.98. The predicted molar refractivity (Wildman–Crippen MR) is 89.5 cm³/mol. The van der Waals surface area contributed by atoms with Gasteiger partial charge in [-0.05, 0) is 55.4 Å². The lowest BCUT2D eigenvalue weighted by molar-refractivity contribution is 0.392. The fourth-order valence-electron chi connectivity index (χ4n) is 3.41. The maximum atomic E-state index is 6.01. The molecule has 0 aromatic heterocycles. The average molecular weight is 330 g/mol. The normalized spacial score (nSPS) is 27.6. The summed E-state index contributed by atoms with van der Waals surface area (Å²) in [6.45, 7) is 0. The van der Waals surface area contributed by atoms with Crippen LogP contribution in [0.2, 0.25) is 10.0 Å². The largest absolute Gasteiger partial charge is 0.396 e. The number of thiocarbonyl (C=S) groups is 1. The van der Waals surface area contributed by atoms with Gasteiger partial charge in [0.05, 0.1) is 15.7 Å². The average Bonchev–Trinajstić information content (AvgIpc) is 2.97. The van der Waals surface area contributed by atoms with Crippen LogP contribution >= 0.6 is 35.4 Å². The van der Waals surface area contributed by atoms with Crippen LogP contribution in [-0.2, 0) is 0 Å². The van der Waals surface area contributed by atoms with E-state index in [4.69, 9.17) is 41.2 Å². The zero-order valence-electron chi connectivity index (χ0n) is 11.0. The number of hydrogen-bond donors (Lipinski definition) is 3. The summed E-state index contributed by atoms with van der Waals surface area (Å²) in [4.78, 5) is 0. The molecule has 3 nitrogen and oxygen atoms in total. The van der Waals surface area contributed by atoms with E-state index in [1.807, 2.05) is 0 Å². The fraction of sp³-hybridized carbons (Fsp3) is 0.500. The zero-order valence-corrected chi connectivity index (χ0v) is 13.3. The second-order valence-corrected chi connectivity index (χ2v) is 6.96. The number of nitrogen functional groups attached to an aromatic ring is 1. The second kappa shape index (κ2) is 5.58. The number of fused-ring (bicyclic) bond motifs is 2. The van der Waals surface area contributed by atoms with Gasteiger partial charge in [-0.2, -0.15) is 0 Å². The van der Waals surface area contributed by atoms with Crippen molar-refractivity contribution in [1.82, 2.24) is 5.32 Å². The van der Waals surface area contributed by atoms with Crippen LogP contribution in [-0.4, -0.2) is 11.2 Å². The molecule has 1 aromatic rings. The van der Waals surface area contributed by atoms with Gasteiger partial charge in [0.1, 0.15) is 0 Å². The molecule has 0 unspecified atom stereocenters. The second-order valence-electron chi connectivity index (χ2n) is 5.73. The Morgan fingerprint density at radius 1 is 1.20 bits per heavy atom. The van der Waals surface area contributed by atoms with Crippen LogP contribution in [0.15, 0.2) is 12.1 Å². The minimum Gasteiger partial charge on any atom is -0.396 e. The zero-order chi connectivity index (χ0) is 14.3. The maximum absolute atomic E-state index is 6.01. The molecule has 6 heteroatoms. The minimum atomic E-state index is 0.394. The molecule has 0 aliphatic heterocycles. The highest BCUT2D eigenvalue weighted by atomic mass is 35.5. The summed E-state index contributed by atoms with van der Waals surface area (Å²) >= 11 is 17.4. The molecule has 0 amide bonds. The van der Waals surface area contributed by atoms with E-state index >= 15 is 0 Å². The summed E-state index contributed by atoms with van der Waals surface area (Å²) < 4.78 is 0. The molecule has 0 radical (unpaired) electrons. The molecule has 3 atom stereocenters. The van der Waals surface area contributed by atoms with E-state index in [-0.39, 0.29) is 0 Å². The van der Waals surface area contributed by atoms with Gasteiger partial charge in [0.2, 0.25) is 0 Å². The van der Waals surface area contributed by atoms with Crippen LogP contribution in [0.3, 0.4) is 0 Å². The van der Waals surface area contributed by atoms with E-state index in [0.29, 0.717) is 26.9 Å². The molecule has 3 rings (SSSR count). The van der Waals surface area contributed by atoms with Gasteiger partial charge in [-0.15, -0.1) is 0 Å². The van der Waals surface area contributed by atoms with Crippen molar-refractivity contribution in [2.24, 2.45) is 11.8 Å². The number of nitrogens with one attached hydrogen (secondary N) is 2. The molecule has 0 saturated heterocycles. The van der Waals surface area contributed by atoms with Gasteiger partial charge >= 0.3 is 0 Å².